The van der Waals surface area contributed by atoms with E-state index < -0.39 is 0 Å². The van der Waals surface area contributed by atoms with E-state index in [1.807, 2.05) is 11.8 Å². The molecule has 0 N–H and O–H groups in total. The van der Waals surface area contributed by atoms with Crippen LogP contribution in [0.4, 0.5) is 5.69 Å². The largest absolute Gasteiger partial charge is 0.367 e. The molecular weight excluding hydrogens is 322 g/mol. The van der Waals surface area contributed by atoms with Crippen LogP contribution in [0, 0.1) is 6.92 Å². The lowest BCUT2D eigenvalue weighted by Crippen LogP contribution is -2.21. The van der Waals surface area contributed by atoms with E-state index in [2.05, 4.69) is 97.6 Å². The average Bonchev–Trinajstić information content (AvgIpc) is 2.65. The van der Waals surface area contributed by atoms with Crippen LogP contribution in [0.5, 0.6) is 0 Å². The van der Waals surface area contributed by atoms with Crippen LogP contribution in [-0.4, -0.2) is 6.54 Å². The first kappa shape index (κ1) is 17.6. The maximum atomic E-state index is 2.42. The molecule has 0 unspecified atom stereocenters. The van der Waals surface area contributed by atoms with Crippen molar-refractivity contribution in [1.29, 1.82) is 0 Å². The smallest absolute Gasteiger partial charge is 0.0429 e. The van der Waals surface area contributed by atoms with Crippen molar-refractivity contribution >= 4 is 17.4 Å². The molecule has 0 aliphatic rings. The van der Waals surface area contributed by atoms with Gasteiger partial charge in [-0.2, -0.15) is 0 Å². The minimum Gasteiger partial charge on any atom is -0.367 e. The molecule has 0 amide bonds. The van der Waals surface area contributed by atoms with Crippen molar-refractivity contribution in [3.8, 4) is 0 Å². The van der Waals surface area contributed by atoms with Crippen LogP contribution in [0.25, 0.3) is 0 Å². The van der Waals surface area contributed by atoms with Crippen molar-refractivity contribution in [3.63, 3.8) is 0 Å². The van der Waals surface area contributed by atoms with Crippen LogP contribution in [0.15, 0.2) is 83.8 Å². The summed E-state index contributed by atoms with van der Waals surface area (Å²) in [4.78, 5) is 3.76. The Kier molecular flexibility index (Phi) is 6.19. The fraction of sp³-hybridized carbons (Fsp3) is 0.217. The second-order valence-electron chi connectivity index (χ2n) is 6.27. The quantitative estimate of drug-likeness (QED) is 0.460. The molecule has 2 heteroatoms. The summed E-state index contributed by atoms with van der Waals surface area (Å²) in [5, 5.41) is 0. The first-order chi connectivity index (χ1) is 12.2. The van der Waals surface area contributed by atoms with Crippen LogP contribution >= 0.6 is 11.8 Å². The van der Waals surface area contributed by atoms with Gasteiger partial charge in [-0.3, -0.25) is 0 Å². The molecule has 0 radical (unpaired) electrons. The highest BCUT2D eigenvalue weighted by molar-refractivity contribution is 7.98. The van der Waals surface area contributed by atoms with Gasteiger partial charge in [-0.1, -0.05) is 54.6 Å². The van der Waals surface area contributed by atoms with Gasteiger partial charge in [-0.25, -0.2) is 0 Å². The highest BCUT2D eigenvalue weighted by Crippen LogP contribution is 2.25. The fourth-order valence-electron chi connectivity index (χ4n) is 2.91. The molecule has 128 valence electrons. The average molecular weight is 348 g/mol. The summed E-state index contributed by atoms with van der Waals surface area (Å²) in [7, 11) is 0. The zero-order valence-electron chi connectivity index (χ0n) is 15.0. The van der Waals surface area contributed by atoms with Crippen molar-refractivity contribution < 1.29 is 0 Å². The Hall–Kier alpha value is -2.19. The zero-order valence-corrected chi connectivity index (χ0v) is 15.8. The summed E-state index contributed by atoms with van der Waals surface area (Å²) in [5.74, 6) is 1.01. The zero-order chi connectivity index (χ0) is 17.5. The van der Waals surface area contributed by atoms with Crippen molar-refractivity contribution in [2.45, 2.75) is 31.0 Å². The van der Waals surface area contributed by atoms with Gasteiger partial charge >= 0.3 is 0 Å². The molecule has 3 aromatic carbocycles. The maximum absolute atomic E-state index is 2.42. The van der Waals surface area contributed by atoms with E-state index in [0.717, 1.165) is 18.8 Å². The summed E-state index contributed by atoms with van der Waals surface area (Å²) >= 11 is 1.90. The number of thioether (sulfide) groups is 1. The van der Waals surface area contributed by atoms with Gasteiger partial charge in [0.25, 0.3) is 0 Å². The molecule has 3 aromatic rings. The third-order valence-corrected chi connectivity index (χ3v) is 5.33. The van der Waals surface area contributed by atoms with Gasteiger partial charge in [0, 0.05) is 29.4 Å². The van der Waals surface area contributed by atoms with Crippen LogP contribution in [0.2, 0.25) is 0 Å². The Morgan fingerprint density at radius 3 is 2.32 bits per heavy atom. The van der Waals surface area contributed by atoms with E-state index in [1.165, 1.54) is 27.3 Å². The number of rotatable bonds is 7. The van der Waals surface area contributed by atoms with Crippen molar-refractivity contribution in [2.75, 3.05) is 11.4 Å². The van der Waals surface area contributed by atoms with Gasteiger partial charge in [0.15, 0.2) is 0 Å². The third kappa shape index (κ3) is 5.14. The van der Waals surface area contributed by atoms with Crippen molar-refractivity contribution in [1.82, 2.24) is 0 Å². The van der Waals surface area contributed by atoms with Crippen molar-refractivity contribution in [3.05, 3.63) is 95.6 Å². The normalized spacial score (nSPS) is 10.6. The summed E-state index contributed by atoms with van der Waals surface area (Å²) in [6, 6.07) is 28.3. The lowest BCUT2D eigenvalue weighted by Gasteiger charge is -2.24. The van der Waals surface area contributed by atoms with E-state index in [1.54, 1.807) is 0 Å². The Morgan fingerprint density at radius 1 is 0.800 bits per heavy atom. The number of nitrogens with zero attached hydrogens (tertiary/aromatic N) is 1. The molecule has 0 aliphatic carbocycles. The number of benzene rings is 3. The highest BCUT2D eigenvalue weighted by atomic mass is 32.2. The summed E-state index contributed by atoms with van der Waals surface area (Å²) in [6.45, 7) is 6.32. The van der Waals surface area contributed by atoms with Gasteiger partial charge in [0.05, 0.1) is 0 Å². The Morgan fingerprint density at radius 2 is 1.56 bits per heavy atom. The van der Waals surface area contributed by atoms with Gasteiger partial charge in [-0.05, 0) is 54.8 Å². The van der Waals surface area contributed by atoms with Gasteiger partial charge < -0.3 is 4.90 Å². The lowest BCUT2D eigenvalue weighted by molar-refractivity contribution is 0.829. The molecule has 0 aromatic heterocycles. The maximum Gasteiger partial charge on any atom is 0.0429 e. The minimum atomic E-state index is 0.944. The van der Waals surface area contributed by atoms with E-state index >= 15 is 0 Å². The van der Waals surface area contributed by atoms with Crippen LogP contribution in [0.3, 0.4) is 0 Å². The number of hydrogen-bond acceptors (Lipinski definition) is 2. The molecular formula is C23H25NS. The molecule has 0 spiro atoms. The monoisotopic (exact) mass is 347 g/mol. The summed E-state index contributed by atoms with van der Waals surface area (Å²) < 4.78 is 0. The predicted octanol–water partition coefficient (Wildman–Crippen LogP) is 6.31. The molecule has 3 rings (SSSR count). The second kappa shape index (κ2) is 8.77. The number of hydrogen-bond donors (Lipinski definition) is 0. The van der Waals surface area contributed by atoms with Gasteiger partial charge in [0.2, 0.25) is 0 Å². The van der Waals surface area contributed by atoms with Crippen molar-refractivity contribution in [2.24, 2.45) is 0 Å². The second-order valence-corrected chi connectivity index (χ2v) is 7.32. The predicted molar refractivity (Wildman–Crippen MR) is 110 cm³/mol. The molecule has 0 bridgehead atoms. The topological polar surface area (TPSA) is 3.24 Å². The standard InChI is InChI=1S/C23H25NS/c1-3-24(22-13-7-9-19(2)15-22)17-21-12-8-14-23(16-21)25-18-20-10-5-4-6-11-20/h4-16H,3,17-18H2,1-2H3. The fourth-order valence-corrected chi connectivity index (χ4v) is 3.84. The van der Waals surface area contributed by atoms with Crippen LogP contribution in [0.1, 0.15) is 23.6 Å². The molecule has 0 heterocycles. The molecule has 0 saturated heterocycles. The molecule has 0 saturated carbocycles. The molecule has 25 heavy (non-hydrogen) atoms. The lowest BCUT2D eigenvalue weighted by atomic mass is 10.1. The minimum absolute atomic E-state index is 0.944. The first-order valence-corrected chi connectivity index (χ1v) is 9.80. The number of aryl methyl sites for hydroxylation is 1. The van der Waals surface area contributed by atoms with Gasteiger partial charge in [0.1, 0.15) is 0 Å². The summed E-state index contributed by atoms with van der Waals surface area (Å²) in [5.41, 5.74) is 5.34. The van der Waals surface area contributed by atoms with Crippen LogP contribution in [-0.2, 0) is 12.3 Å². The Balaban J connectivity index is 1.68. The SMILES string of the molecule is CCN(Cc1cccc(SCc2ccccc2)c1)c1cccc(C)c1. The third-order valence-electron chi connectivity index (χ3n) is 4.27. The number of anilines is 1. The Bertz CT molecular complexity index is 798. The highest BCUT2D eigenvalue weighted by Gasteiger charge is 2.06. The van der Waals surface area contributed by atoms with E-state index in [9.17, 15) is 0 Å². The van der Waals surface area contributed by atoms with Gasteiger partial charge in [-0.15, -0.1) is 11.8 Å². The molecule has 1 nitrogen and oxygen atoms in total. The van der Waals surface area contributed by atoms with E-state index in [-0.39, 0.29) is 0 Å². The Labute approximate surface area is 155 Å². The summed E-state index contributed by atoms with van der Waals surface area (Å²) in [6.07, 6.45) is 0. The van der Waals surface area contributed by atoms with E-state index in [4.69, 9.17) is 0 Å². The molecule has 0 fully saturated rings. The first-order valence-electron chi connectivity index (χ1n) is 8.82. The van der Waals surface area contributed by atoms with Crippen LogP contribution < -0.4 is 4.90 Å². The molecule has 0 atom stereocenters. The van der Waals surface area contributed by atoms with E-state index in [0.29, 0.717) is 0 Å². The molecule has 0 aliphatic heterocycles.